The third-order valence-electron chi connectivity index (χ3n) is 4.19. The first kappa shape index (κ1) is 19.0. The molecule has 1 aliphatic heterocycles. The average Bonchev–Trinajstić information content (AvgIpc) is 3.01. The summed E-state index contributed by atoms with van der Waals surface area (Å²) in [6.07, 6.45) is 0. The molecule has 1 fully saturated rings. The SMILES string of the molecule is Cc1ccc(C(CNS(=O)(=O)c2cc(F)cc(F)c2)N2CCOCC2)o1. The Kier molecular flexibility index (Phi) is 5.71. The number of furan rings is 1. The molecule has 1 aromatic heterocycles. The minimum absolute atomic E-state index is 0.00736. The minimum Gasteiger partial charge on any atom is -0.465 e. The van der Waals surface area contributed by atoms with Crippen LogP contribution in [0.15, 0.2) is 39.6 Å². The first-order chi connectivity index (χ1) is 12.3. The number of nitrogens with one attached hydrogen (secondary N) is 1. The lowest BCUT2D eigenvalue weighted by atomic mass is 10.2. The van der Waals surface area contributed by atoms with Gasteiger partial charge in [-0.2, -0.15) is 0 Å². The van der Waals surface area contributed by atoms with Crippen molar-refractivity contribution in [3.8, 4) is 0 Å². The van der Waals surface area contributed by atoms with E-state index in [9.17, 15) is 17.2 Å². The molecule has 1 aromatic carbocycles. The van der Waals surface area contributed by atoms with Gasteiger partial charge in [0.25, 0.3) is 0 Å². The lowest BCUT2D eigenvalue weighted by molar-refractivity contribution is 0.0127. The lowest BCUT2D eigenvalue weighted by Crippen LogP contribution is -2.43. The molecule has 2 heterocycles. The molecule has 1 unspecified atom stereocenters. The zero-order valence-corrected chi connectivity index (χ0v) is 15.1. The number of morpholine rings is 1. The number of sulfonamides is 1. The molecule has 0 spiro atoms. The number of hydrogen-bond donors (Lipinski definition) is 1. The number of ether oxygens (including phenoxy) is 1. The number of rotatable bonds is 6. The van der Waals surface area contributed by atoms with Crippen molar-refractivity contribution in [2.45, 2.75) is 17.9 Å². The molecule has 6 nitrogen and oxygen atoms in total. The van der Waals surface area contributed by atoms with E-state index in [0.717, 1.165) is 12.1 Å². The van der Waals surface area contributed by atoms with Crippen LogP contribution in [0.1, 0.15) is 17.6 Å². The van der Waals surface area contributed by atoms with Gasteiger partial charge >= 0.3 is 0 Å². The zero-order chi connectivity index (χ0) is 18.7. The summed E-state index contributed by atoms with van der Waals surface area (Å²) < 4.78 is 65.0. The van der Waals surface area contributed by atoms with Crippen LogP contribution in [-0.4, -0.2) is 46.2 Å². The van der Waals surface area contributed by atoms with E-state index in [2.05, 4.69) is 9.62 Å². The summed E-state index contributed by atoms with van der Waals surface area (Å²) in [6, 6.07) is 5.45. The molecule has 0 amide bonds. The fourth-order valence-corrected chi connectivity index (χ4v) is 3.97. The van der Waals surface area contributed by atoms with Crippen molar-refractivity contribution in [2.24, 2.45) is 0 Å². The van der Waals surface area contributed by atoms with Gasteiger partial charge in [0.2, 0.25) is 10.0 Å². The number of benzene rings is 1. The smallest absolute Gasteiger partial charge is 0.240 e. The van der Waals surface area contributed by atoms with E-state index in [1.54, 1.807) is 19.1 Å². The molecule has 0 saturated carbocycles. The Morgan fingerprint density at radius 3 is 2.38 bits per heavy atom. The molecular formula is C17H20F2N2O4S. The van der Waals surface area contributed by atoms with E-state index in [1.807, 2.05) is 0 Å². The van der Waals surface area contributed by atoms with Crippen LogP contribution in [0.25, 0.3) is 0 Å². The summed E-state index contributed by atoms with van der Waals surface area (Å²) in [6.45, 7) is 4.14. The topological polar surface area (TPSA) is 71.8 Å². The van der Waals surface area contributed by atoms with Gasteiger partial charge in [-0.25, -0.2) is 21.9 Å². The molecule has 1 aliphatic rings. The van der Waals surface area contributed by atoms with Crippen LogP contribution in [0.2, 0.25) is 0 Å². The molecule has 3 rings (SSSR count). The summed E-state index contributed by atoms with van der Waals surface area (Å²) >= 11 is 0. The van der Waals surface area contributed by atoms with Gasteiger partial charge in [0, 0.05) is 25.7 Å². The van der Waals surface area contributed by atoms with Gasteiger partial charge in [-0.05, 0) is 31.2 Å². The summed E-state index contributed by atoms with van der Waals surface area (Å²) in [4.78, 5) is 1.60. The first-order valence-electron chi connectivity index (χ1n) is 8.19. The summed E-state index contributed by atoms with van der Waals surface area (Å²) in [7, 11) is -4.07. The van der Waals surface area contributed by atoms with Crippen LogP contribution >= 0.6 is 0 Å². The summed E-state index contributed by atoms with van der Waals surface area (Å²) in [5, 5.41) is 0. The molecule has 1 saturated heterocycles. The maximum atomic E-state index is 13.3. The van der Waals surface area contributed by atoms with Crippen LogP contribution in [-0.2, 0) is 14.8 Å². The maximum Gasteiger partial charge on any atom is 0.240 e. The number of nitrogens with zero attached hydrogens (tertiary/aromatic N) is 1. The lowest BCUT2D eigenvalue weighted by Gasteiger charge is -2.33. The van der Waals surface area contributed by atoms with Crippen LogP contribution < -0.4 is 4.72 Å². The fourth-order valence-electron chi connectivity index (χ4n) is 2.89. The predicted molar refractivity (Wildman–Crippen MR) is 90.1 cm³/mol. The Hall–Kier alpha value is -1.81. The summed E-state index contributed by atoms with van der Waals surface area (Å²) in [5.74, 6) is -0.556. The standard InChI is InChI=1S/C17H20F2N2O4S/c1-12-2-3-17(25-12)16(21-4-6-24-7-5-21)11-20-26(22,23)15-9-13(18)8-14(19)10-15/h2-3,8-10,16,20H,4-7,11H2,1H3. The third kappa shape index (κ3) is 4.47. The van der Waals surface area contributed by atoms with Gasteiger partial charge < -0.3 is 9.15 Å². The van der Waals surface area contributed by atoms with Crippen molar-refractivity contribution in [3.05, 3.63) is 53.5 Å². The van der Waals surface area contributed by atoms with E-state index in [4.69, 9.17) is 9.15 Å². The Bertz CT molecular complexity index is 843. The Balaban J connectivity index is 1.80. The van der Waals surface area contributed by atoms with Crippen LogP contribution in [0.5, 0.6) is 0 Å². The third-order valence-corrected chi connectivity index (χ3v) is 5.59. The van der Waals surface area contributed by atoms with Gasteiger partial charge in [-0.3, -0.25) is 4.90 Å². The van der Waals surface area contributed by atoms with E-state index in [-0.39, 0.29) is 12.6 Å². The molecular weight excluding hydrogens is 366 g/mol. The maximum absolute atomic E-state index is 13.3. The van der Waals surface area contributed by atoms with Gasteiger partial charge in [0.15, 0.2) is 0 Å². The highest BCUT2D eigenvalue weighted by molar-refractivity contribution is 7.89. The molecule has 9 heteroatoms. The van der Waals surface area contributed by atoms with Crippen LogP contribution in [0.3, 0.4) is 0 Å². The largest absolute Gasteiger partial charge is 0.465 e. The number of aryl methyl sites for hydroxylation is 1. The molecule has 0 bridgehead atoms. The van der Waals surface area contributed by atoms with E-state index < -0.39 is 26.6 Å². The molecule has 2 aromatic rings. The molecule has 1 atom stereocenters. The zero-order valence-electron chi connectivity index (χ0n) is 14.2. The van der Waals surface area contributed by atoms with E-state index in [0.29, 0.717) is 43.9 Å². The molecule has 0 aliphatic carbocycles. The van der Waals surface area contributed by atoms with Gasteiger partial charge in [-0.1, -0.05) is 0 Å². The second kappa shape index (κ2) is 7.83. The monoisotopic (exact) mass is 386 g/mol. The molecule has 142 valence electrons. The van der Waals surface area contributed by atoms with Crippen molar-refractivity contribution in [3.63, 3.8) is 0 Å². The predicted octanol–water partition coefficient (Wildman–Crippen LogP) is 2.22. The van der Waals surface area contributed by atoms with Crippen molar-refractivity contribution >= 4 is 10.0 Å². The van der Waals surface area contributed by atoms with Crippen molar-refractivity contribution < 1.29 is 26.4 Å². The molecule has 0 radical (unpaired) electrons. The Labute approximate surface area is 150 Å². The fraction of sp³-hybridized carbons (Fsp3) is 0.412. The average molecular weight is 386 g/mol. The number of halogens is 2. The van der Waals surface area contributed by atoms with Gasteiger partial charge in [0.1, 0.15) is 23.2 Å². The highest BCUT2D eigenvalue weighted by Gasteiger charge is 2.27. The van der Waals surface area contributed by atoms with E-state index in [1.165, 1.54) is 0 Å². The number of hydrogen-bond acceptors (Lipinski definition) is 5. The van der Waals surface area contributed by atoms with Gasteiger partial charge in [-0.15, -0.1) is 0 Å². The van der Waals surface area contributed by atoms with Crippen LogP contribution in [0, 0.1) is 18.6 Å². The van der Waals surface area contributed by atoms with Crippen LogP contribution in [0.4, 0.5) is 8.78 Å². The van der Waals surface area contributed by atoms with E-state index >= 15 is 0 Å². The Morgan fingerprint density at radius 2 is 1.81 bits per heavy atom. The van der Waals surface area contributed by atoms with Crippen molar-refractivity contribution in [2.75, 3.05) is 32.8 Å². The van der Waals surface area contributed by atoms with Crippen molar-refractivity contribution in [1.29, 1.82) is 0 Å². The highest BCUT2D eigenvalue weighted by atomic mass is 32.2. The second-order valence-corrected chi connectivity index (χ2v) is 7.84. The normalized spacial score (nSPS) is 17.3. The highest BCUT2D eigenvalue weighted by Crippen LogP contribution is 2.24. The minimum atomic E-state index is -4.07. The molecule has 26 heavy (non-hydrogen) atoms. The summed E-state index contributed by atoms with van der Waals surface area (Å²) in [5.41, 5.74) is 0. The quantitative estimate of drug-likeness (QED) is 0.824. The van der Waals surface area contributed by atoms with Crippen molar-refractivity contribution in [1.82, 2.24) is 9.62 Å². The Morgan fingerprint density at radius 1 is 1.15 bits per heavy atom. The first-order valence-corrected chi connectivity index (χ1v) is 9.67. The second-order valence-electron chi connectivity index (χ2n) is 6.07. The van der Waals surface area contributed by atoms with Gasteiger partial charge in [0.05, 0.1) is 24.2 Å². The molecule has 1 N–H and O–H groups in total.